The van der Waals surface area contributed by atoms with Gasteiger partial charge in [0.2, 0.25) is 12.7 Å². The van der Waals surface area contributed by atoms with Crippen LogP contribution in [0.1, 0.15) is 29.8 Å². The predicted octanol–water partition coefficient (Wildman–Crippen LogP) is 1.94. The number of hydrogen-bond acceptors (Lipinski definition) is 6. The van der Waals surface area contributed by atoms with Crippen LogP contribution < -0.4 is 24.4 Å². The van der Waals surface area contributed by atoms with Gasteiger partial charge in [0.15, 0.2) is 18.1 Å². The minimum absolute atomic E-state index is 0.136. The number of anilines is 1. The Labute approximate surface area is 185 Å². The third kappa shape index (κ3) is 4.32. The lowest BCUT2D eigenvalue weighted by atomic mass is 10.1. The Balaban J connectivity index is 1.46. The molecule has 9 heteroatoms. The number of benzene rings is 2. The minimum atomic E-state index is -0.344. The van der Waals surface area contributed by atoms with Gasteiger partial charge in [-0.2, -0.15) is 0 Å². The lowest BCUT2D eigenvalue weighted by Crippen LogP contribution is -2.45. The Morgan fingerprint density at radius 1 is 1.00 bits per heavy atom. The first-order valence-corrected chi connectivity index (χ1v) is 10.5. The molecular weight excluding hydrogens is 414 g/mol. The highest BCUT2D eigenvalue weighted by atomic mass is 16.7. The van der Waals surface area contributed by atoms with Crippen LogP contribution in [-0.2, 0) is 16.1 Å². The first-order valence-electron chi connectivity index (χ1n) is 10.5. The molecule has 0 radical (unpaired) electrons. The van der Waals surface area contributed by atoms with Crippen molar-refractivity contribution in [2.24, 2.45) is 0 Å². The lowest BCUT2D eigenvalue weighted by molar-refractivity contribution is -0.125. The molecule has 2 aliphatic heterocycles. The Hall–Kier alpha value is -3.75. The highest BCUT2D eigenvalue weighted by molar-refractivity contribution is 6.04. The summed E-state index contributed by atoms with van der Waals surface area (Å²) in [6.07, 6.45) is 0. The molecule has 4 rings (SSSR count). The largest absolute Gasteiger partial charge is 0.482 e. The van der Waals surface area contributed by atoms with Gasteiger partial charge in [-0.05, 0) is 49.7 Å². The average Bonchev–Trinajstić information content (AvgIpc) is 3.28. The molecule has 2 aliphatic rings. The topological polar surface area (TPSA) is 97.4 Å². The molecule has 2 aromatic rings. The average molecular weight is 439 g/mol. The number of ether oxygens (including phenoxy) is 3. The summed E-state index contributed by atoms with van der Waals surface area (Å²) in [5.74, 6) is 0.963. The van der Waals surface area contributed by atoms with E-state index in [1.54, 1.807) is 29.2 Å². The SMILES string of the molecule is CCN(CC)C(=O)c1ccc2c(c1)N(CC(=O)NCc1ccc3c(c1)OCO3)C(=O)CO2. The highest BCUT2D eigenvalue weighted by Crippen LogP contribution is 2.34. The molecule has 1 N–H and O–H groups in total. The van der Waals surface area contributed by atoms with Crippen LogP contribution in [0.15, 0.2) is 36.4 Å². The molecule has 0 bridgehead atoms. The van der Waals surface area contributed by atoms with E-state index >= 15 is 0 Å². The molecule has 9 nitrogen and oxygen atoms in total. The van der Waals surface area contributed by atoms with Gasteiger partial charge in [0, 0.05) is 25.2 Å². The van der Waals surface area contributed by atoms with Gasteiger partial charge < -0.3 is 24.4 Å². The first-order chi connectivity index (χ1) is 15.5. The third-order valence-electron chi connectivity index (χ3n) is 5.43. The number of amides is 3. The highest BCUT2D eigenvalue weighted by Gasteiger charge is 2.29. The van der Waals surface area contributed by atoms with Gasteiger partial charge in [0.25, 0.3) is 11.8 Å². The fraction of sp³-hybridized carbons (Fsp3) is 0.348. The van der Waals surface area contributed by atoms with Crippen LogP contribution in [0.4, 0.5) is 5.69 Å². The van der Waals surface area contributed by atoms with Crippen molar-refractivity contribution >= 4 is 23.4 Å². The van der Waals surface area contributed by atoms with Crippen LogP contribution in [0.2, 0.25) is 0 Å². The maximum atomic E-state index is 12.7. The van der Waals surface area contributed by atoms with Crippen molar-refractivity contribution in [2.75, 3.05) is 37.9 Å². The van der Waals surface area contributed by atoms with Gasteiger partial charge >= 0.3 is 0 Å². The second-order valence-electron chi connectivity index (χ2n) is 7.39. The van der Waals surface area contributed by atoms with Crippen molar-refractivity contribution in [3.05, 3.63) is 47.5 Å². The van der Waals surface area contributed by atoms with Gasteiger partial charge in [-0.3, -0.25) is 19.3 Å². The number of carbonyl (C=O) groups excluding carboxylic acids is 3. The summed E-state index contributed by atoms with van der Waals surface area (Å²) in [7, 11) is 0. The van der Waals surface area contributed by atoms with Crippen molar-refractivity contribution in [3.8, 4) is 17.2 Å². The van der Waals surface area contributed by atoms with Crippen LogP contribution in [0.5, 0.6) is 17.2 Å². The number of hydrogen-bond donors (Lipinski definition) is 1. The smallest absolute Gasteiger partial charge is 0.265 e. The second kappa shape index (κ2) is 9.17. The van der Waals surface area contributed by atoms with Crippen LogP contribution in [-0.4, -0.2) is 55.7 Å². The lowest BCUT2D eigenvalue weighted by Gasteiger charge is -2.29. The molecule has 2 heterocycles. The van der Waals surface area contributed by atoms with Crippen molar-refractivity contribution in [2.45, 2.75) is 20.4 Å². The van der Waals surface area contributed by atoms with Crippen molar-refractivity contribution in [1.29, 1.82) is 0 Å². The number of nitrogens with one attached hydrogen (secondary N) is 1. The van der Waals surface area contributed by atoms with Crippen LogP contribution in [0.25, 0.3) is 0 Å². The molecular formula is C23H25N3O6. The van der Waals surface area contributed by atoms with Gasteiger partial charge in [0.05, 0.1) is 5.69 Å². The van der Waals surface area contributed by atoms with E-state index in [2.05, 4.69) is 5.32 Å². The zero-order valence-electron chi connectivity index (χ0n) is 18.1. The van der Waals surface area contributed by atoms with Gasteiger partial charge in [-0.25, -0.2) is 0 Å². The summed E-state index contributed by atoms with van der Waals surface area (Å²) < 4.78 is 16.1. The van der Waals surface area contributed by atoms with E-state index < -0.39 is 0 Å². The van der Waals surface area contributed by atoms with E-state index in [1.165, 1.54) is 4.90 Å². The molecule has 0 aromatic heterocycles. The van der Waals surface area contributed by atoms with Crippen molar-refractivity contribution < 1.29 is 28.6 Å². The summed E-state index contributed by atoms with van der Waals surface area (Å²) in [6.45, 7) is 5.09. The zero-order valence-corrected chi connectivity index (χ0v) is 18.1. The predicted molar refractivity (Wildman–Crippen MR) is 116 cm³/mol. The Morgan fingerprint density at radius 2 is 1.75 bits per heavy atom. The second-order valence-corrected chi connectivity index (χ2v) is 7.39. The normalized spacial score (nSPS) is 13.9. The number of nitrogens with zero attached hydrogens (tertiary/aromatic N) is 2. The standard InChI is InChI=1S/C23H25N3O6/c1-3-25(4-2)23(29)16-6-8-18-17(10-16)26(22(28)13-30-18)12-21(27)24-11-15-5-7-19-20(9-15)32-14-31-19/h5-10H,3-4,11-14H2,1-2H3,(H,24,27). The maximum absolute atomic E-state index is 12.7. The molecule has 2 aromatic carbocycles. The van der Waals surface area contributed by atoms with E-state index in [9.17, 15) is 14.4 Å². The van der Waals surface area contributed by atoms with E-state index in [4.69, 9.17) is 14.2 Å². The van der Waals surface area contributed by atoms with E-state index in [1.807, 2.05) is 26.0 Å². The molecule has 0 saturated heterocycles. The van der Waals surface area contributed by atoms with Gasteiger partial charge in [0.1, 0.15) is 12.3 Å². The Morgan fingerprint density at radius 3 is 2.53 bits per heavy atom. The molecule has 0 saturated carbocycles. The van der Waals surface area contributed by atoms with Crippen LogP contribution in [0.3, 0.4) is 0 Å². The number of fused-ring (bicyclic) bond motifs is 2. The summed E-state index contributed by atoms with van der Waals surface area (Å²) in [6, 6.07) is 10.4. The van der Waals surface area contributed by atoms with Crippen molar-refractivity contribution in [3.63, 3.8) is 0 Å². The van der Waals surface area contributed by atoms with Gasteiger partial charge in [-0.1, -0.05) is 6.07 Å². The summed E-state index contributed by atoms with van der Waals surface area (Å²) in [5, 5.41) is 2.82. The molecule has 168 valence electrons. The maximum Gasteiger partial charge on any atom is 0.265 e. The molecule has 32 heavy (non-hydrogen) atoms. The summed E-state index contributed by atoms with van der Waals surface area (Å²) >= 11 is 0. The van der Waals surface area contributed by atoms with E-state index in [0.717, 1.165) is 5.56 Å². The Bertz CT molecular complexity index is 1050. The molecule has 0 spiro atoms. The zero-order chi connectivity index (χ0) is 22.7. The van der Waals surface area contributed by atoms with Crippen LogP contribution in [0, 0.1) is 0 Å². The number of carbonyl (C=O) groups is 3. The first kappa shape index (κ1) is 21.5. The molecule has 3 amide bonds. The molecule has 0 unspecified atom stereocenters. The van der Waals surface area contributed by atoms with E-state index in [-0.39, 0.29) is 44.2 Å². The van der Waals surface area contributed by atoms with E-state index in [0.29, 0.717) is 41.6 Å². The molecule has 0 atom stereocenters. The fourth-order valence-corrected chi connectivity index (χ4v) is 3.65. The summed E-state index contributed by atoms with van der Waals surface area (Å²) in [5.41, 5.74) is 1.71. The fourth-order valence-electron chi connectivity index (χ4n) is 3.65. The summed E-state index contributed by atoms with van der Waals surface area (Å²) in [4.78, 5) is 40.9. The van der Waals surface area contributed by atoms with Crippen LogP contribution >= 0.6 is 0 Å². The number of rotatable bonds is 7. The molecule has 0 fully saturated rings. The molecule has 0 aliphatic carbocycles. The third-order valence-corrected chi connectivity index (χ3v) is 5.43. The van der Waals surface area contributed by atoms with Crippen molar-refractivity contribution in [1.82, 2.24) is 10.2 Å². The minimum Gasteiger partial charge on any atom is -0.482 e. The van der Waals surface area contributed by atoms with Gasteiger partial charge in [-0.15, -0.1) is 0 Å². The quantitative estimate of drug-likeness (QED) is 0.708. The Kier molecular flexibility index (Phi) is 6.16. The monoisotopic (exact) mass is 439 g/mol.